The van der Waals surface area contributed by atoms with Crippen LogP contribution in [-0.4, -0.2) is 25.1 Å². The number of anilines is 1. The fourth-order valence-electron chi connectivity index (χ4n) is 2.78. The van der Waals surface area contributed by atoms with E-state index >= 15 is 0 Å². The van der Waals surface area contributed by atoms with E-state index in [2.05, 4.69) is 22.3 Å². The molecule has 2 N–H and O–H groups in total. The molecule has 4 nitrogen and oxygen atoms in total. The molecule has 6 heteroatoms. The number of alkyl halides is 2. The van der Waals surface area contributed by atoms with Crippen LogP contribution in [0.1, 0.15) is 32.6 Å². The van der Waals surface area contributed by atoms with Gasteiger partial charge in [0.15, 0.2) is 0 Å². The fourth-order valence-corrected chi connectivity index (χ4v) is 2.78. The van der Waals surface area contributed by atoms with E-state index in [0.717, 1.165) is 19.3 Å². The Morgan fingerprint density at radius 1 is 1.32 bits per heavy atom. The van der Waals surface area contributed by atoms with Crippen molar-refractivity contribution in [2.24, 2.45) is 5.92 Å². The molecule has 1 aliphatic carbocycles. The van der Waals surface area contributed by atoms with Gasteiger partial charge in [0.25, 0.3) is 0 Å². The Kier molecular flexibility index (Phi) is 5.98. The summed E-state index contributed by atoms with van der Waals surface area (Å²) >= 11 is 0. The number of hydrogen-bond acceptors (Lipinski definition) is 3. The Balaban J connectivity index is 1.85. The zero-order valence-corrected chi connectivity index (χ0v) is 12.6. The number of nitrogens with one attached hydrogen (secondary N) is 2. The van der Waals surface area contributed by atoms with Crippen LogP contribution >= 0.6 is 0 Å². The van der Waals surface area contributed by atoms with Gasteiger partial charge in [0.1, 0.15) is 5.75 Å². The second kappa shape index (κ2) is 7.96. The molecule has 0 heterocycles. The number of benzene rings is 1. The van der Waals surface area contributed by atoms with E-state index in [0.29, 0.717) is 11.6 Å². The molecule has 0 bridgehead atoms. The summed E-state index contributed by atoms with van der Waals surface area (Å²) in [4.78, 5) is 12.0. The Labute approximate surface area is 129 Å². The van der Waals surface area contributed by atoms with Gasteiger partial charge in [0, 0.05) is 6.04 Å². The topological polar surface area (TPSA) is 50.4 Å². The summed E-state index contributed by atoms with van der Waals surface area (Å²) in [6.07, 6.45) is 4.47. The van der Waals surface area contributed by atoms with Crippen LogP contribution in [0.5, 0.6) is 5.75 Å². The smallest absolute Gasteiger partial charge is 0.387 e. The summed E-state index contributed by atoms with van der Waals surface area (Å²) in [6, 6.07) is 6.55. The molecule has 0 spiro atoms. The first-order chi connectivity index (χ1) is 10.6. The molecule has 1 saturated carbocycles. The van der Waals surface area contributed by atoms with Gasteiger partial charge in [-0.1, -0.05) is 31.9 Å². The minimum Gasteiger partial charge on any atom is -0.433 e. The molecule has 0 radical (unpaired) electrons. The van der Waals surface area contributed by atoms with Gasteiger partial charge in [-0.2, -0.15) is 8.78 Å². The summed E-state index contributed by atoms with van der Waals surface area (Å²) in [6.45, 7) is -0.712. The van der Waals surface area contributed by atoms with Crippen LogP contribution in [0.3, 0.4) is 0 Å². The maximum absolute atomic E-state index is 12.3. The molecule has 1 amide bonds. The summed E-state index contributed by atoms with van der Waals surface area (Å²) in [5.41, 5.74) is 0.384. The predicted molar refractivity (Wildman–Crippen MR) is 81.1 cm³/mol. The van der Waals surface area contributed by atoms with Crippen molar-refractivity contribution in [2.45, 2.75) is 45.3 Å². The molecule has 22 heavy (non-hydrogen) atoms. The minimum absolute atomic E-state index is 0.0346. The van der Waals surface area contributed by atoms with E-state index in [9.17, 15) is 13.6 Å². The van der Waals surface area contributed by atoms with Crippen LogP contribution < -0.4 is 15.4 Å². The number of hydrogen-bond donors (Lipinski definition) is 2. The lowest BCUT2D eigenvalue weighted by molar-refractivity contribution is -0.120. The van der Waals surface area contributed by atoms with Crippen molar-refractivity contribution in [3.8, 4) is 5.75 Å². The molecule has 2 unspecified atom stereocenters. The number of para-hydroxylation sites is 2. The van der Waals surface area contributed by atoms with Crippen molar-refractivity contribution >= 4 is 11.6 Å². The van der Waals surface area contributed by atoms with Crippen LogP contribution in [0.25, 0.3) is 0 Å². The van der Waals surface area contributed by atoms with Crippen LogP contribution in [-0.2, 0) is 4.79 Å². The van der Waals surface area contributed by atoms with Gasteiger partial charge in [0.05, 0.1) is 12.2 Å². The number of ether oxygens (including phenoxy) is 1. The standard InChI is InChI=1S/C16H22F2N2O2/c1-11-6-2-3-7-12(11)20-15(21)10-19-13-8-4-5-9-14(13)22-16(17)18/h4-5,8-9,11-12,16,19H,2-3,6-7,10H2,1H3,(H,20,21). The zero-order chi connectivity index (χ0) is 15.9. The second-order valence-electron chi connectivity index (χ2n) is 5.66. The maximum atomic E-state index is 12.3. The van der Waals surface area contributed by atoms with E-state index < -0.39 is 6.61 Å². The van der Waals surface area contributed by atoms with Crippen LogP contribution in [0, 0.1) is 5.92 Å². The summed E-state index contributed by atoms with van der Waals surface area (Å²) in [5.74, 6) is 0.383. The number of amides is 1. The van der Waals surface area contributed by atoms with Gasteiger partial charge in [-0.05, 0) is 30.9 Å². The lowest BCUT2D eigenvalue weighted by Gasteiger charge is -2.29. The highest BCUT2D eigenvalue weighted by molar-refractivity contribution is 5.81. The average molecular weight is 312 g/mol. The molecule has 1 aliphatic rings. The number of halogens is 2. The Morgan fingerprint density at radius 2 is 2.05 bits per heavy atom. The largest absolute Gasteiger partial charge is 0.433 e. The van der Waals surface area contributed by atoms with Crippen molar-refractivity contribution in [1.29, 1.82) is 0 Å². The van der Waals surface area contributed by atoms with Crippen LogP contribution in [0.2, 0.25) is 0 Å². The van der Waals surface area contributed by atoms with Gasteiger partial charge < -0.3 is 15.4 Å². The first-order valence-corrected chi connectivity index (χ1v) is 7.63. The molecule has 2 rings (SSSR count). The third kappa shape index (κ3) is 4.86. The van der Waals surface area contributed by atoms with E-state index in [1.807, 2.05) is 0 Å². The zero-order valence-electron chi connectivity index (χ0n) is 12.6. The van der Waals surface area contributed by atoms with Gasteiger partial charge >= 0.3 is 6.61 Å². The van der Waals surface area contributed by atoms with Crippen molar-refractivity contribution in [3.05, 3.63) is 24.3 Å². The highest BCUT2D eigenvalue weighted by Crippen LogP contribution is 2.26. The SMILES string of the molecule is CC1CCCCC1NC(=O)CNc1ccccc1OC(F)F. The normalized spacial score (nSPS) is 21.5. The van der Waals surface area contributed by atoms with E-state index in [4.69, 9.17) is 0 Å². The lowest BCUT2D eigenvalue weighted by Crippen LogP contribution is -2.43. The quantitative estimate of drug-likeness (QED) is 0.846. The fraction of sp³-hybridized carbons (Fsp3) is 0.562. The Morgan fingerprint density at radius 3 is 2.77 bits per heavy atom. The van der Waals surface area contributed by atoms with Crippen molar-refractivity contribution in [2.75, 3.05) is 11.9 Å². The van der Waals surface area contributed by atoms with Gasteiger partial charge in [-0.3, -0.25) is 4.79 Å². The molecule has 0 saturated heterocycles. The second-order valence-corrected chi connectivity index (χ2v) is 5.66. The highest BCUT2D eigenvalue weighted by atomic mass is 19.3. The van der Waals surface area contributed by atoms with Crippen molar-refractivity contribution in [3.63, 3.8) is 0 Å². The van der Waals surface area contributed by atoms with Gasteiger partial charge in [-0.15, -0.1) is 0 Å². The Bertz CT molecular complexity index is 497. The molecular formula is C16H22F2N2O2. The average Bonchev–Trinajstić information content (AvgIpc) is 2.48. The van der Waals surface area contributed by atoms with Gasteiger partial charge in [0.2, 0.25) is 5.91 Å². The predicted octanol–water partition coefficient (Wildman–Crippen LogP) is 3.39. The van der Waals surface area contributed by atoms with Crippen molar-refractivity contribution in [1.82, 2.24) is 5.32 Å². The molecular weight excluding hydrogens is 290 g/mol. The first-order valence-electron chi connectivity index (χ1n) is 7.63. The monoisotopic (exact) mass is 312 g/mol. The summed E-state index contributed by atoms with van der Waals surface area (Å²) in [7, 11) is 0. The third-order valence-corrected chi connectivity index (χ3v) is 4.00. The maximum Gasteiger partial charge on any atom is 0.387 e. The van der Waals surface area contributed by atoms with E-state index in [1.54, 1.807) is 18.2 Å². The van der Waals surface area contributed by atoms with Crippen molar-refractivity contribution < 1.29 is 18.3 Å². The Hall–Kier alpha value is -1.85. The molecule has 0 aromatic heterocycles. The minimum atomic E-state index is -2.89. The number of rotatable bonds is 6. The van der Waals surface area contributed by atoms with Gasteiger partial charge in [-0.25, -0.2) is 0 Å². The number of carbonyl (C=O) groups excluding carboxylic acids is 1. The van der Waals surface area contributed by atoms with E-state index in [-0.39, 0.29) is 24.2 Å². The highest BCUT2D eigenvalue weighted by Gasteiger charge is 2.22. The third-order valence-electron chi connectivity index (χ3n) is 4.00. The van der Waals surface area contributed by atoms with Crippen LogP contribution in [0.4, 0.5) is 14.5 Å². The lowest BCUT2D eigenvalue weighted by atomic mass is 9.86. The summed E-state index contributed by atoms with van der Waals surface area (Å²) in [5, 5.41) is 5.86. The molecule has 2 atom stereocenters. The summed E-state index contributed by atoms with van der Waals surface area (Å²) < 4.78 is 29.1. The van der Waals surface area contributed by atoms with E-state index in [1.165, 1.54) is 12.5 Å². The first kappa shape index (κ1) is 16.5. The molecule has 1 aromatic carbocycles. The molecule has 122 valence electrons. The number of carbonyl (C=O) groups is 1. The molecule has 0 aliphatic heterocycles. The van der Waals surface area contributed by atoms with Crippen LogP contribution in [0.15, 0.2) is 24.3 Å². The molecule has 1 aromatic rings. The molecule has 1 fully saturated rings.